The predicted molar refractivity (Wildman–Crippen MR) is 86.7 cm³/mol. The summed E-state index contributed by atoms with van der Waals surface area (Å²) in [7, 11) is 1.72. The molecule has 0 unspecified atom stereocenters. The maximum atomic E-state index is 5.58. The lowest BCUT2D eigenvalue weighted by atomic mass is 10.1. The molecule has 0 fully saturated rings. The third-order valence-corrected chi connectivity index (χ3v) is 3.23. The molecule has 0 atom stereocenters. The first-order chi connectivity index (χ1) is 10.3. The molecule has 0 heterocycles. The molecular formula is C18H23NO2. The monoisotopic (exact) mass is 285 g/mol. The van der Waals surface area contributed by atoms with Crippen molar-refractivity contribution in [3.8, 4) is 5.75 Å². The summed E-state index contributed by atoms with van der Waals surface area (Å²) in [5.74, 6) is 0.919. The molecule has 3 heteroatoms. The molecule has 2 rings (SSSR count). The van der Waals surface area contributed by atoms with E-state index >= 15 is 0 Å². The molecule has 0 saturated heterocycles. The van der Waals surface area contributed by atoms with Crippen LogP contribution in [0.3, 0.4) is 0 Å². The Hall–Kier alpha value is -2.00. The number of methoxy groups -OCH3 is 1. The molecule has 0 spiro atoms. The Morgan fingerprint density at radius 3 is 2.33 bits per heavy atom. The lowest BCUT2D eigenvalue weighted by Crippen LogP contribution is -2.03. The average Bonchev–Trinajstić information content (AvgIpc) is 2.53. The van der Waals surface area contributed by atoms with E-state index in [0.717, 1.165) is 31.0 Å². The summed E-state index contributed by atoms with van der Waals surface area (Å²) in [5.41, 5.74) is 3.56. The number of nitrogens with one attached hydrogen (secondary N) is 1. The molecule has 1 N–H and O–H groups in total. The molecule has 2 aromatic rings. The standard InChI is InChI=1S/C18H23NO2/c1-3-12-21-18-10-8-17(9-11-18)19-13-15-6-4-5-7-16(15)14-20-2/h4-11,19H,3,12-14H2,1-2H3. The molecular weight excluding hydrogens is 262 g/mol. The number of anilines is 1. The van der Waals surface area contributed by atoms with Gasteiger partial charge in [0.1, 0.15) is 5.75 Å². The highest BCUT2D eigenvalue weighted by atomic mass is 16.5. The minimum atomic E-state index is 0.641. The van der Waals surface area contributed by atoms with Gasteiger partial charge in [0.25, 0.3) is 0 Å². The third-order valence-electron chi connectivity index (χ3n) is 3.23. The summed E-state index contributed by atoms with van der Waals surface area (Å²) in [5, 5.41) is 3.43. The van der Waals surface area contributed by atoms with Gasteiger partial charge in [0, 0.05) is 19.3 Å². The van der Waals surface area contributed by atoms with Gasteiger partial charge in [-0.15, -0.1) is 0 Å². The molecule has 0 aliphatic rings. The number of benzene rings is 2. The zero-order valence-corrected chi connectivity index (χ0v) is 12.8. The Bertz CT molecular complexity index is 537. The summed E-state index contributed by atoms with van der Waals surface area (Å²) in [6.45, 7) is 4.29. The van der Waals surface area contributed by atoms with Crippen LogP contribution in [0, 0.1) is 0 Å². The van der Waals surface area contributed by atoms with Crippen LogP contribution in [-0.2, 0) is 17.9 Å². The van der Waals surface area contributed by atoms with Crippen molar-refractivity contribution >= 4 is 5.69 Å². The van der Waals surface area contributed by atoms with Gasteiger partial charge < -0.3 is 14.8 Å². The van der Waals surface area contributed by atoms with Gasteiger partial charge in [-0.05, 0) is 41.8 Å². The maximum Gasteiger partial charge on any atom is 0.119 e. The zero-order chi connectivity index (χ0) is 14.9. The van der Waals surface area contributed by atoms with Gasteiger partial charge in [0.15, 0.2) is 0 Å². The van der Waals surface area contributed by atoms with Crippen molar-refractivity contribution in [3.63, 3.8) is 0 Å². The third kappa shape index (κ3) is 4.80. The van der Waals surface area contributed by atoms with E-state index < -0.39 is 0 Å². The second kappa shape index (κ2) is 8.32. The first-order valence-corrected chi connectivity index (χ1v) is 7.36. The van der Waals surface area contributed by atoms with Crippen LogP contribution in [-0.4, -0.2) is 13.7 Å². The summed E-state index contributed by atoms with van der Waals surface area (Å²) < 4.78 is 10.8. The normalized spacial score (nSPS) is 10.4. The van der Waals surface area contributed by atoms with Gasteiger partial charge in [-0.3, -0.25) is 0 Å². The molecule has 112 valence electrons. The quantitative estimate of drug-likeness (QED) is 0.787. The van der Waals surface area contributed by atoms with Crippen molar-refractivity contribution in [1.82, 2.24) is 0 Å². The Morgan fingerprint density at radius 2 is 1.67 bits per heavy atom. The van der Waals surface area contributed by atoms with Crippen molar-refractivity contribution in [3.05, 3.63) is 59.7 Å². The summed E-state index contributed by atoms with van der Waals surface area (Å²) in [6.07, 6.45) is 1.02. The lowest BCUT2D eigenvalue weighted by molar-refractivity contribution is 0.184. The molecule has 0 saturated carbocycles. The minimum absolute atomic E-state index is 0.641. The van der Waals surface area contributed by atoms with E-state index in [2.05, 4.69) is 30.4 Å². The molecule has 0 bridgehead atoms. The molecule has 3 nitrogen and oxygen atoms in total. The van der Waals surface area contributed by atoms with Gasteiger partial charge in [-0.2, -0.15) is 0 Å². The summed E-state index contributed by atoms with van der Waals surface area (Å²) in [6, 6.07) is 16.4. The van der Waals surface area contributed by atoms with E-state index in [1.54, 1.807) is 7.11 Å². The van der Waals surface area contributed by atoms with Crippen molar-refractivity contribution in [2.45, 2.75) is 26.5 Å². The van der Waals surface area contributed by atoms with Crippen molar-refractivity contribution < 1.29 is 9.47 Å². The van der Waals surface area contributed by atoms with Gasteiger partial charge in [-0.1, -0.05) is 31.2 Å². The maximum absolute atomic E-state index is 5.58. The molecule has 0 amide bonds. The topological polar surface area (TPSA) is 30.5 Å². The van der Waals surface area contributed by atoms with Crippen LogP contribution in [0.4, 0.5) is 5.69 Å². The van der Waals surface area contributed by atoms with Crippen molar-refractivity contribution in [2.75, 3.05) is 19.0 Å². The summed E-state index contributed by atoms with van der Waals surface area (Å²) in [4.78, 5) is 0. The molecule has 21 heavy (non-hydrogen) atoms. The first kappa shape index (κ1) is 15.4. The van der Waals surface area contributed by atoms with Crippen LogP contribution in [0.25, 0.3) is 0 Å². The fourth-order valence-corrected chi connectivity index (χ4v) is 2.11. The Labute approximate surface area is 126 Å². The average molecular weight is 285 g/mol. The van der Waals surface area contributed by atoms with E-state index in [1.807, 2.05) is 30.3 Å². The van der Waals surface area contributed by atoms with Crippen LogP contribution < -0.4 is 10.1 Å². The Balaban J connectivity index is 1.93. The van der Waals surface area contributed by atoms with E-state index in [1.165, 1.54) is 11.1 Å². The van der Waals surface area contributed by atoms with Crippen molar-refractivity contribution in [2.24, 2.45) is 0 Å². The van der Waals surface area contributed by atoms with Gasteiger partial charge in [0.2, 0.25) is 0 Å². The largest absolute Gasteiger partial charge is 0.494 e. The van der Waals surface area contributed by atoms with Crippen LogP contribution in [0.1, 0.15) is 24.5 Å². The van der Waals surface area contributed by atoms with E-state index in [-0.39, 0.29) is 0 Å². The van der Waals surface area contributed by atoms with Crippen LogP contribution in [0.5, 0.6) is 5.75 Å². The van der Waals surface area contributed by atoms with Gasteiger partial charge in [-0.25, -0.2) is 0 Å². The van der Waals surface area contributed by atoms with E-state index in [9.17, 15) is 0 Å². The second-order valence-corrected chi connectivity index (χ2v) is 4.93. The molecule has 0 aromatic heterocycles. The number of ether oxygens (including phenoxy) is 2. The van der Waals surface area contributed by atoms with Crippen molar-refractivity contribution in [1.29, 1.82) is 0 Å². The second-order valence-electron chi connectivity index (χ2n) is 4.93. The highest BCUT2D eigenvalue weighted by Gasteiger charge is 2.01. The zero-order valence-electron chi connectivity index (χ0n) is 12.8. The fourth-order valence-electron chi connectivity index (χ4n) is 2.11. The van der Waals surface area contributed by atoms with E-state index in [0.29, 0.717) is 6.61 Å². The predicted octanol–water partition coefficient (Wildman–Crippen LogP) is 4.23. The smallest absolute Gasteiger partial charge is 0.119 e. The number of hydrogen-bond acceptors (Lipinski definition) is 3. The lowest BCUT2D eigenvalue weighted by Gasteiger charge is -2.11. The summed E-state index contributed by atoms with van der Waals surface area (Å²) >= 11 is 0. The van der Waals surface area contributed by atoms with Gasteiger partial charge >= 0.3 is 0 Å². The highest BCUT2D eigenvalue weighted by molar-refractivity contribution is 5.47. The number of rotatable bonds is 8. The number of hydrogen-bond donors (Lipinski definition) is 1. The molecule has 0 aliphatic carbocycles. The first-order valence-electron chi connectivity index (χ1n) is 7.36. The van der Waals surface area contributed by atoms with Crippen LogP contribution in [0.2, 0.25) is 0 Å². The minimum Gasteiger partial charge on any atom is -0.494 e. The van der Waals surface area contributed by atoms with E-state index in [4.69, 9.17) is 9.47 Å². The molecule has 0 radical (unpaired) electrons. The SMILES string of the molecule is CCCOc1ccc(NCc2ccccc2COC)cc1. The van der Waals surface area contributed by atoms with Crippen LogP contribution >= 0.6 is 0 Å². The van der Waals surface area contributed by atoms with Crippen LogP contribution in [0.15, 0.2) is 48.5 Å². The highest BCUT2D eigenvalue weighted by Crippen LogP contribution is 2.18. The molecule has 0 aliphatic heterocycles. The Morgan fingerprint density at radius 1 is 0.952 bits per heavy atom. The van der Waals surface area contributed by atoms with Gasteiger partial charge in [0.05, 0.1) is 13.2 Å². The Kier molecular flexibility index (Phi) is 6.10. The molecule has 2 aromatic carbocycles. The fraction of sp³-hybridized carbons (Fsp3) is 0.333.